The van der Waals surface area contributed by atoms with Gasteiger partial charge in [0, 0.05) is 25.9 Å². The van der Waals surface area contributed by atoms with Gasteiger partial charge >= 0.3 is 0 Å². The van der Waals surface area contributed by atoms with Crippen LogP contribution in [0.25, 0.3) is 0 Å². The van der Waals surface area contributed by atoms with Crippen LogP contribution < -0.4 is 5.73 Å². The maximum atomic E-state index is 5.64. The Labute approximate surface area is 121 Å². The fourth-order valence-corrected chi connectivity index (χ4v) is 1.60. The minimum atomic E-state index is 0.369. The summed E-state index contributed by atoms with van der Waals surface area (Å²) >= 11 is 0. The minimum absolute atomic E-state index is 0.369. The largest absolute Gasteiger partial charge is 0.382 e. The van der Waals surface area contributed by atoms with Crippen LogP contribution >= 0.6 is 0 Å². The molecule has 110 valence electrons. The molecule has 0 aliphatic rings. The van der Waals surface area contributed by atoms with Crippen LogP contribution in [0.15, 0.2) is 24.3 Å². The first-order valence-corrected chi connectivity index (χ1v) is 6.79. The summed E-state index contributed by atoms with van der Waals surface area (Å²) in [5.74, 6) is 5.92. The molecule has 20 heavy (non-hydrogen) atoms. The second-order valence-corrected chi connectivity index (χ2v) is 4.17. The van der Waals surface area contributed by atoms with Crippen LogP contribution in [0, 0.1) is 11.8 Å². The van der Waals surface area contributed by atoms with E-state index in [4.69, 9.17) is 19.9 Å². The molecule has 0 fully saturated rings. The fourth-order valence-electron chi connectivity index (χ4n) is 1.60. The lowest BCUT2D eigenvalue weighted by Gasteiger charge is -2.07. The summed E-state index contributed by atoms with van der Waals surface area (Å²) in [6, 6.07) is 7.96. The van der Waals surface area contributed by atoms with Gasteiger partial charge in [-0.3, -0.25) is 0 Å². The van der Waals surface area contributed by atoms with E-state index < -0.39 is 0 Å². The zero-order valence-electron chi connectivity index (χ0n) is 12.1. The van der Waals surface area contributed by atoms with Crippen molar-refractivity contribution >= 4 is 0 Å². The Morgan fingerprint density at radius 3 is 2.65 bits per heavy atom. The van der Waals surface area contributed by atoms with Gasteiger partial charge in [-0.15, -0.1) is 0 Å². The SMILES string of the molecule is COCCOCCCOCc1ccccc1C#CCN. The molecule has 0 saturated heterocycles. The maximum absolute atomic E-state index is 5.64. The number of benzene rings is 1. The first-order valence-electron chi connectivity index (χ1n) is 6.79. The summed E-state index contributed by atoms with van der Waals surface area (Å²) in [7, 11) is 1.66. The molecule has 0 spiro atoms. The van der Waals surface area contributed by atoms with Crippen molar-refractivity contribution in [3.8, 4) is 11.8 Å². The van der Waals surface area contributed by atoms with E-state index in [-0.39, 0.29) is 0 Å². The Kier molecular flexibility index (Phi) is 9.54. The molecule has 2 N–H and O–H groups in total. The van der Waals surface area contributed by atoms with Gasteiger partial charge < -0.3 is 19.9 Å². The molecule has 0 heterocycles. The Hall–Kier alpha value is -1.38. The maximum Gasteiger partial charge on any atom is 0.0728 e. The minimum Gasteiger partial charge on any atom is -0.382 e. The van der Waals surface area contributed by atoms with E-state index in [9.17, 15) is 0 Å². The van der Waals surface area contributed by atoms with Crippen molar-refractivity contribution in [2.75, 3.05) is 40.1 Å². The van der Waals surface area contributed by atoms with Crippen LogP contribution in [0.1, 0.15) is 17.5 Å². The van der Waals surface area contributed by atoms with Crippen molar-refractivity contribution in [1.82, 2.24) is 0 Å². The monoisotopic (exact) mass is 277 g/mol. The van der Waals surface area contributed by atoms with Crippen molar-refractivity contribution in [3.05, 3.63) is 35.4 Å². The van der Waals surface area contributed by atoms with Crippen LogP contribution in [0.2, 0.25) is 0 Å². The number of rotatable bonds is 9. The molecule has 1 aromatic rings. The van der Waals surface area contributed by atoms with Crippen LogP contribution in [0.4, 0.5) is 0 Å². The van der Waals surface area contributed by atoms with E-state index in [1.54, 1.807) is 7.11 Å². The quantitative estimate of drug-likeness (QED) is 0.550. The van der Waals surface area contributed by atoms with Crippen molar-refractivity contribution < 1.29 is 14.2 Å². The molecule has 0 atom stereocenters. The summed E-state index contributed by atoms with van der Waals surface area (Å²) in [5, 5.41) is 0. The standard InChI is InChI=1S/C16H23NO3/c1-18-12-13-19-10-5-11-20-14-16-7-3-2-6-15(16)8-4-9-17/h2-3,6-7H,5,9-14,17H2,1H3. The molecule has 0 bridgehead atoms. The Morgan fingerprint density at radius 2 is 1.85 bits per heavy atom. The van der Waals surface area contributed by atoms with Crippen molar-refractivity contribution in [2.45, 2.75) is 13.0 Å². The highest BCUT2D eigenvalue weighted by molar-refractivity contribution is 5.41. The summed E-state index contributed by atoms with van der Waals surface area (Å²) in [6.45, 7) is 3.56. The fraction of sp³-hybridized carbons (Fsp3) is 0.500. The molecule has 0 aliphatic heterocycles. The zero-order chi connectivity index (χ0) is 14.5. The highest BCUT2D eigenvalue weighted by atomic mass is 16.5. The van der Waals surface area contributed by atoms with Gasteiger partial charge in [-0.1, -0.05) is 30.0 Å². The molecule has 4 heteroatoms. The first-order chi connectivity index (χ1) is 9.88. The lowest BCUT2D eigenvalue weighted by Crippen LogP contribution is -2.06. The number of hydrogen-bond acceptors (Lipinski definition) is 4. The van der Waals surface area contributed by atoms with Gasteiger partial charge in [0.1, 0.15) is 0 Å². The van der Waals surface area contributed by atoms with Gasteiger partial charge in [-0.05, 0) is 18.1 Å². The van der Waals surface area contributed by atoms with E-state index in [0.717, 1.165) is 17.5 Å². The summed E-state index contributed by atoms with van der Waals surface area (Å²) < 4.78 is 15.9. The molecule has 1 aromatic carbocycles. The molecule has 1 rings (SSSR count). The molecule has 4 nitrogen and oxygen atoms in total. The number of hydrogen-bond donors (Lipinski definition) is 1. The van der Waals surface area contributed by atoms with Crippen LogP contribution in [-0.4, -0.2) is 40.1 Å². The third-order valence-electron chi connectivity index (χ3n) is 2.61. The average Bonchev–Trinajstić information content (AvgIpc) is 2.49. The number of ether oxygens (including phenoxy) is 3. The van der Waals surface area contributed by atoms with Crippen LogP contribution in [0.5, 0.6) is 0 Å². The average molecular weight is 277 g/mol. The third kappa shape index (κ3) is 7.27. The van der Waals surface area contributed by atoms with Crippen molar-refractivity contribution in [3.63, 3.8) is 0 Å². The predicted molar refractivity (Wildman–Crippen MR) is 79.3 cm³/mol. The Balaban J connectivity index is 2.21. The second-order valence-electron chi connectivity index (χ2n) is 4.17. The van der Waals surface area contributed by atoms with Crippen LogP contribution in [-0.2, 0) is 20.8 Å². The zero-order valence-corrected chi connectivity index (χ0v) is 12.1. The van der Waals surface area contributed by atoms with E-state index in [2.05, 4.69) is 11.8 Å². The molecular weight excluding hydrogens is 254 g/mol. The van der Waals surface area contributed by atoms with Crippen molar-refractivity contribution in [2.24, 2.45) is 5.73 Å². The molecular formula is C16H23NO3. The highest BCUT2D eigenvalue weighted by Gasteiger charge is 1.99. The Morgan fingerprint density at radius 1 is 1.05 bits per heavy atom. The van der Waals surface area contributed by atoms with Gasteiger partial charge in [0.05, 0.1) is 26.4 Å². The van der Waals surface area contributed by atoms with Gasteiger partial charge in [-0.2, -0.15) is 0 Å². The third-order valence-corrected chi connectivity index (χ3v) is 2.61. The lowest BCUT2D eigenvalue weighted by molar-refractivity contribution is 0.0483. The number of methoxy groups -OCH3 is 1. The van der Waals surface area contributed by atoms with E-state index in [1.807, 2.05) is 24.3 Å². The van der Waals surface area contributed by atoms with Gasteiger partial charge in [-0.25, -0.2) is 0 Å². The van der Waals surface area contributed by atoms with E-state index >= 15 is 0 Å². The smallest absolute Gasteiger partial charge is 0.0728 e. The predicted octanol–water partition coefficient (Wildman–Crippen LogP) is 1.57. The molecule has 0 aliphatic carbocycles. The van der Waals surface area contributed by atoms with Crippen molar-refractivity contribution in [1.29, 1.82) is 0 Å². The molecule has 0 radical (unpaired) electrons. The molecule has 0 saturated carbocycles. The molecule has 0 amide bonds. The summed E-state index contributed by atoms with van der Waals surface area (Å²) in [5.41, 5.74) is 7.46. The summed E-state index contributed by atoms with van der Waals surface area (Å²) in [4.78, 5) is 0. The summed E-state index contributed by atoms with van der Waals surface area (Å²) in [6.07, 6.45) is 0.875. The normalized spacial score (nSPS) is 10.1. The van der Waals surface area contributed by atoms with Crippen LogP contribution in [0.3, 0.4) is 0 Å². The molecule has 0 aromatic heterocycles. The van der Waals surface area contributed by atoms with Gasteiger partial charge in [0.25, 0.3) is 0 Å². The number of nitrogens with two attached hydrogens (primary N) is 1. The van der Waals surface area contributed by atoms with E-state index in [1.165, 1.54) is 0 Å². The lowest BCUT2D eigenvalue weighted by atomic mass is 10.1. The first kappa shape index (κ1) is 16.7. The highest BCUT2D eigenvalue weighted by Crippen LogP contribution is 2.08. The second kappa shape index (κ2) is 11.4. The van der Waals surface area contributed by atoms with Gasteiger partial charge in [0.15, 0.2) is 0 Å². The molecule has 0 unspecified atom stereocenters. The Bertz CT molecular complexity index is 423. The van der Waals surface area contributed by atoms with E-state index in [0.29, 0.717) is 39.6 Å². The van der Waals surface area contributed by atoms with Gasteiger partial charge in [0.2, 0.25) is 0 Å². The topological polar surface area (TPSA) is 53.7 Å².